The first kappa shape index (κ1) is 17.4. The van der Waals surface area contributed by atoms with Gasteiger partial charge in [-0.3, -0.25) is 4.79 Å². The first-order valence-corrected chi connectivity index (χ1v) is 8.88. The highest BCUT2D eigenvalue weighted by Gasteiger charge is 2.21. The number of carbonyl (C=O) groups is 1. The SMILES string of the molecule is CCN1CCN(C(=O)c2ccc(Nc3cc(C)cc(C)c3)cn2)CC1. The van der Waals surface area contributed by atoms with Crippen LogP contribution in [0.5, 0.6) is 0 Å². The van der Waals surface area contributed by atoms with Crippen molar-refractivity contribution < 1.29 is 4.79 Å². The van der Waals surface area contributed by atoms with Crippen molar-refractivity contribution in [1.29, 1.82) is 0 Å². The molecular weight excluding hydrogens is 312 g/mol. The third-order valence-electron chi connectivity index (χ3n) is 4.60. The maximum atomic E-state index is 12.6. The third-order valence-corrected chi connectivity index (χ3v) is 4.60. The van der Waals surface area contributed by atoms with Gasteiger partial charge >= 0.3 is 0 Å². The van der Waals surface area contributed by atoms with E-state index in [4.69, 9.17) is 0 Å². The van der Waals surface area contributed by atoms with Crippen molar-refractivity contribution >= 4 is 17.3 Å². The van der Waals surface area contributed by atoms with Crippen LogP contribution in [-0.2, 0) is 0 Å². The molecule has 5 heteroatoms. The Kier molecular flexibility index (Phi) is 5.34. The number of nitrogens with one attached hydrogen (secondary N) is 1. The predicted molar refractivity (Wildman–Crippen MR) is 101 cm³/mol. The van der Waals surface area contributed by atoms with Gasteiger partial charge in [-0.2, -0.15) is 0 Å². The Bertz CT molecular complexity index is 714. The van der Waals surface area contributed by atoms with Crippen LogP contribution in [0.25, 0.3) is 0 Å². The van der Waals surface area contributed by atoms with Crippen LogP contribution in [0.15, 0.2) is 36.5 Å². The molecule has 0 atom stereocenters. The highest BCUT2D eigenvalue weighted by Crippen LogP contribution is 2.19. The zero-order valence-corrected chi connectivity index (χ0v) is 15.2. The smallest absolute Gasteiger partial charge is 0.272 e. The van der Waals surface area contributed by atoms with Crippen LogP contribution in [0, 0.1) is 13.8 Å². The highest BCUT2D eigenvalue weighted by atomic mass is 16.2. The molecule has 2 aromatic rings. The van der Waals surface area contributed by atoms with Crippen LogP contribution >= 0.6 is 0 Å². The number of hydrogen-bond acceptors (Lipinski definition) is 4. The number of aryl methyl sites for hydroxylation is 2. The van der Waals surface area contributed by atoms with Crippen molar-refractivity contribution in [2.75, 3.05) is 38.0 Å². The van der Waals surface area contributed by atoms with Gasteiger partial charge in [0.1, 0.15) is 5.69 Å². The van der Waals surface area contributed by atoms with E-state index in [0.29, 0.717) is 5.69 Å². The Morgan fingerprint density at radius 2 is 1.72 bits per heavy atom. The fourth-order valence-electron chi connectivity index (χ4n) is 3.24. The highest BCUT2D eigenvalue weighted by molar-refractivity contribution is 5.92. The van der Waals surface area contributed by atoms with Crippen LogP contribution < -0.4 is 5.32 Å². The van der Waals surface area contributed by atoms with E-state index in [2.05, 4.69) is 54.2 Å². The molecule has 1 aromatic carbocycles. The summed E-state index contributed by atoms with van der Waals surface area (Å²) in [5, 5.41) is 3.35. The molecule has 1 saturated heterocycles. The van der Waals surface area contributed by atoms with Crippen LogP contribution in [-0.4, -0.2) is 53.4 Å². The Morgan fingerprint density at radius 3 is 2.28 bits per heavy atom. The summed E-state index contributed by atoms with van der Waals surface area (Å²) in [4.78, 5) is 21.2. The Balaban J connectivity index is 1.64. The molecule has 25 heavy (non-hydrogen) atoms. The van der Waals surface area contributed by atoms with Gasteiger partial charge in [0.15, 0.2) is 0 Å². The van der Waals surface area contributed by atoms with E-state index in [1.165, 1.54) is 11.1 Å². The summed E-state index contributed by atoms with van der Waals surface area (Å²) in [7, 11) is 0. The number of anilines is 2. The number of likely N-dealkylation sites (N-methyl/N-ethyl adjacent to an activating group) is 1. The van der Waals surface area contributed by atoms with Gasteiger partial charge in [-0.05, 0) is 55.8 Å². The molecule has 3 rings (SSSR count). The van der Waals surface area contributed by atoms with Gasteiger partial charge in [-0.15, -0.1) is 0 Å². The number of amides is 1. The lowest BCUT2D eigenvalue weighted by Crippen LogP contribution is -2.48. The molecule has 1 aliphatic rings. The molecule has 1 N–H and O–H groups in total. The minimum atomic E-state index is 0.0219. The standard InChI is InChI=1S/C20H26N4O/c1-4-23-7-9-24(10-8-23)20(25)19-6-5-17(14-21-19)22-18-12-15(2)11-16(3)13-18/h5-6,11-14,22H,4,7-10H2,1-3H3. The molecule has 5 nitrogen and oxygen atoms in total. The minimum absolute atomic E-state index is 0.0219. The molecular formula is C20H26N4O. The minimum Gasteiger partial charge on any atom is -0.354 e. The second kappa shape index (κ2) is 7.66. The fraction of sp³-hybridized carbons (Fsp3) is 0.400. The van der Waals surface area contributed by atoms with Crippen molar-refractivity contribution in [3.63, 3.8) is 0 Å². The van der Waals surface area contributed by atoms with Crippen LogP contribution in [0.3, 0.4) is 0 Å². The summed E-state index contributed by atoms with van der Waals surface area (Å²) >= 11 is 0. The molecule has 0 saturated carbocycles. The average Bonchev–Trinajstić information content (AvgIpc) is 2.61. The second-order valence-electron chi connectivity index (χ2n) is 6.66. The summed E-state index contributed by atoms with van der Waals surface area (Å²) in [5.41, 5.74) is 4.87. The largest absolute Gasteiger partial charge is 0.354 e. The Hall–Kier alpha value is -2.40. The lowest BCUT2D eigenvalue weighted by atomic mass is 10.1. The molecule has 132 valence electrons. The molecule has 0 bridgehead atoms. The molecule has 2 heterocycles. The fourth-order valence-corrected chi connectivity index (χ4v) is 3.24. The number of piperazine rings is 1. The zero-order chi connectivity index (χ0) is 17.8. The summed E-state index contributed by atoms with van der Waals surface area (Å²) < 4.78 is 0. The first-order chi connectivity index (χ1) is 12.0. The number of hydrogen-bond donors (Lipinski definition) is 1. The maximum Gasteiger partial charge on any atom is 0.272 e. The topological polar surface area (TPSA) is 48.5 Å². The van der Waals surface area contributed by atoms with Gasteiger partial charge in [0.05, 0.1) is 11.9 Å². The normalized spacial score (nSPS) is 15.2. The third kappa shape index (κ3) is 4.37. The van der Waals surface area contributed by atoms with Crippen molar-refractivity contribution in [1.82, 2.24) is 14.8 Å². The average molecular weight is 338 g/mol. The summed E-state index contributed by atoms with van der Waals surface area (Å²) in [6, 6.07) is 10.1. The number of aromatic nitrogens is 1. The molecule has 0 unspecified atom stereocenters. The molecule has 0 aliphatic carbocycles. The summed E-state index contributed by atoms with van der Waals surface area (Å²) in [6.07, 6.45) is 1.73. The number of pyridine rings is 1. The van der Waals surface area contributed by atoms with Gasteiger partial charge < -0.3 is 15.1 Å². The number of carbonyl (C=O) groups excluding carboxylic acids is 1. The Labute approximate surface area is 149 Å². The van der Waals surface area contributed by atoms with Crippen LogP contribution in [0.2, 0.25) is 0 Å². The van der Waals surface area contributed by atoms with Gasteiger partial charge in [0.2, 0.25) is 0 Å². The number of nitrogens with zero attached hydrogens (tertiary/aromatic N) is 3. The van der Waals surface area contributed by atoms with E-state index in [-0.39, 0.29) is 5.91 Å². The summed E-state index contributed by atoms with van der Waals surface area (Å²) in [6.45, 7) is 10.8. The lowest BCUT2D eigenvalue weighted by molar-refractivity contribution is 0.0637. The predicted octanol–water partition coefficient (Wildman–Crippen LogP) is 3.22. The molecule has 1 aromatic heterocycles. The maximum absolute atomic E-state index is 12.6. The number of rotatable bonds is 4. The van der Waals surface area contributed by atoms with Gasteiger partial charge in [-0.25, -0.2) is 4.98 Å². The summed E-state index contributed by atoms with van der Waals surface area (Å²) in [5.74, 6) is 0.0219. The molecule has 1 aliphatic heterocycles. The van der Waals surface area contributed by atoms with Crippen molar-refractivity contribution in [2.24, 2.45) is 0 Å². The van der Waals surface area contributed by atoms with E-state index in [0.717, 1.165) is 44.1 Å². The van der Waals surface area contributed by atoms with E-state index < -0.39 is 0 Å². The van der Waals surface area contributed by atoms with E-state index in [1.807, 2.05) is 11.0 Å². The first-order valence-electron chi connectivity index (χ1n) is 8.88. The Morgan fingerprint density at radius 1 is 1.04 bits per heavy atom. The quantitative estimate of drug-likeness (QED) is 0.930. The van der Waals surface area contributed by atoms with Crippen molar-refractivity contribution in [2.45, 2.75) is 20.8 Å². The molecule has 0 spiro atoms. The lowest BCUT2D eigenvalue weighted by Gasteiger charge is -2.33. The van der Waals surface area contributed by atoms with Crippen LogP contribution in [0.1, 0.15) is 28.5 Å². The van der Waals surface area contributed by atoms with Gasteiger partial charge in [-0.1, -0.05) is 13.0 Å². The van der Waals surface area contributed by atoms with E-state index in [9.17, 15) is 4.79 Å². The second-order valence-corrected chi connectivity index (χ2v) is 6.66. The van der Waals surface area contributed by atoms with Crippen LogP contribution in [0.4, 0.5) is 11.4 Å². The van der Waals surface area contributed by atoms with Gasteiger partial charge in [0.25, 0.3) is 5.91 Å². The molecule has 1 amide bonds. The van der Waals surface area contributed by atoms with Gasteiger partial charge in [0, 0.05) is 31.9 Å². The zero-order valence-electron chi connectivity index (χ0n) is 15.2. The number of benzene rings is 1. The van der Waals surface area contributed by atoms with E-state index in [1.54, 1.807) is 12.3 Å². The van der Waals surface area contributed by atoms with Crippen molar-refractivity contribution in [3.8, 4) is 0 Å². The monoisotopic (exact) mass is 338 g/mol. The van der Waals surface area contributed by atoms with Crippen molar-refractivity contribution in [3.05, 3.63) is 53.3 Å². The molecule has 0 radical (unpaired) electrons. The van der Waals surface area contributed by atoms with E-state index >= 15 is 0 Å². The molecule has 1 fully saturated rings.